The van der Waals surface area contributed by atoms with Crippen molar-refractivity contribution in [3.05, 3.63) is 49.2 Å². The molecule has 2 aromatic heterocycles. The molecule has 0 aliphatic carbocycles. The highest BCUT2D eigenvalue weighted by molar-refractivity contribution is 9.13. The Kier molecular flexibility index (Phi) is 3.24. The molecular formula is C13H6Br2O3S. The van der Waals surface area contributed by atoms with Crippen LogP contribution in [0.4, 0.5) is 0 Å². The van der Waals surface area contributed by atoms with E-state index in [4.69, 9.17) is 4.42 Å². The average Bonchev–Trinajstić information content (AvgIpc) is 3.04. The number of furan rings is 1. The number of ketones is 1. The number of rotatable bonds is 2. The fourth-order valence-corrected chi connectivity index (χ4v) is 3.26. The summed E-state index contributed by atoms with van der Waals surface area (Å²) in [6.07, 6.45) is 1.42. The van der Waals surface area contributed by atoms with Crippen molar-refractivity contribution in [2.75, 3.05) is 0 Å². The molecule has 1 aromatic carbocycles. The Hall–Kier alpha value is -1.11. The second-order valence-corrected chi connectivity index (χ2v) is 6.26. The molecule has 0 saturated heterocycles. The molecule has 3 nitrogen and oxygen atoms in total. The zero-order valence-corrected chi connectivity index (χ0v) is 13.3. The summed E-state index contributed by atoms with van der Waals surface area (Å²) in [6.45, 7) is 0. The summed E-state index contributed by atoms with van der Waals surface area (Å²) in [6, 6.07) is 3.28. The molecular weight excluding hydrogens is 396 g/mol. The van der Waals surface area contributed by atoms with Crippen LogP contribution in [-0.2, 0) is 0 Å². The molecule has 0 radical (unpaired) electrons. The zero-order chi connectivity index (χ0) is 13.6. The summed E-state index contributed by atoms with van der Waals surface area (Å²) in [4.78, 5) is 12.3. The maximum absolute atomic E-state index is 12.3. The van der Waals surface area contributed by atoms with Gasteiger partial charge in [-0.25, -0.2) is 0 Å². The number of fused-ring (bicyclic) bond motifs is 1. The minimum atomic E-state index is -0.117. The molecule has 2 heterocycles. The van der Waals surface area contributed by atoms with Gasteiger partial charge in [-0.05, 0) is 49.4 Å². The van der Waals surface area contributed by atoms with Crippen LogP contribution in [0.5, 0.6) is 5.75 Å². The Morgan fingerprint density at radius 1 is 1.32 bits per heavy atom. The van der Waals surface area contributed by atoms with E-state index in [1.807, 2.05) is 5.38 Å². The molecule has 0 amide bonds. The van der Waals surface area contributed by atoms with Crippen molar-refractivity contribution in [2.45, 2.75) is 0 Å². The van der Waals surface area contributed by atoms with Gasteiger partial charge in [0.25, 0.3) is 0 Å². The predicted molar refractivity (Wildman–Crippen MR) is 81.0 cm³/mol. The number of phenolic OH excluding ortho intramolecular Hbond substituents is 1. The standard InChI is InChI=1S/C13H6Br2O3S/c14-10-9(16)3-7-8(4-18-13(7)11(10)15)12(17)6-1-2-19-5-6/h1-5,16H. The van der Waals surface area contributed by atoms with Crippen LogP contribution in [0.2, 0.25) is 0 Å². The number of phenols is 1. The zero-order valence-electron chi connectivity index (χ0n) is 9.31. The summed E-state index contributed by atoms with van der Waals surface area (Å²) in [5.41, 5.74) is 1.59. The van der Waals surface area contributed by atoms with Gasteiger partial charge in [0.2, 0.25) is 0 Å². The molecule has 3 aromatic rings. The van der Waals surface area contributed by atoms with E-state index in [1.165, 1.54) is 23.7 Å². The van der Waals surface area contributed by atoms with E-state index in [-0.39, 0.29) is 11.5 Å². The minimum Gasteiger partial charge on any atom is -0.507 e. The first-order valence-electron chi connectivity index (χ1n) is 5.24. The van der Waals surface area contributed by atoms with Crippen molar-refractivity contribution in [1.82, 2.24) is 0 Å². The highest BCUT2D eigenvalue weighted by Gasteiger charge is 2.20. The van der Waals surface area contributed by atoms with Gasteiger partial charge in [0.15, 0.2) is 5.78 Å². The molecule has 3 rings (SSSR count). The Bertz CT molecular complexity index is 775. The number of hydrogen-bond donors (Lipinski definition) is 1. The Labute approximate surface area is 129 Å². The van der Waals surface area contributed by atoms with E-state index in [0.717, 1.165) is 0 Å². The van der Waals surface area contributed by atoms with Crippen LogP contribution < -0.4 is 0 Å². The second-order valence-electron chi connectivity index (χ2n) is 3.89. The molecule has 0 fully saturated rings. The first kappa shape index (κ1) is 12.9. The predicted octanol–water partition coefficient (Wildman–Crippen LogP) is 4.96. The van der Waals surface area contributed by atoms with Crippen molar-refractivity contribution >= 4 is 59.9 Å². The number of carbonyl (C=O) groups excluding carboxylic acids is 1. The lowest BCUT2D eigenvalue weighted by Gasteiger charge is -2.01. The molecule has 0 aliphatic rings. The second kappa shape index (κ2) is 4.77. The molecule has 0 spiro atoms. The van der Waals surface area contributed by atoms with E-state index in [2.05, 4.69) is 31.9 Å². The molecule has 0 unspecified atom stereocenters. The monoisotopic (exact) mass is 400 g/mol. The third-order valence-electron chi connectivity index (χ3n) is 2.76. The highest BCUT2D eigenvalue weighted by atomic mass is 79.9. The van der Waals surface area contributed by atoms with Crippen molar-refractivity contribution in [1.29, 1.82) is 0 Å². The summed E-state index contributed by atoms with van der Waals surface area (Å²) in [5, 5.41) is 14.0. The van der Waals surface area contributed by atoms with E-state index < -0.39 is 0 Å². The van der Waals surface area contributed by atoms with Gasteiger partial charge in [-0.3, -0.25) is 4.79 Å². The van der Waals surface area contributed by atoms with Crippen LogP contribution in [-0.4, -0.2) is 10.9 Å². The first-order chi connectivity index (χ1) is 9.09. The quantitative estimate of drug-likeness (QED) is 0.617. The number of hydrogen-bond acceptors (Lipinski definition) is 4. The summed E-state index contributed by atoms with van der Waals surface area (Å²) in [5.74, 6) is -0.0613. The minimum absolute atomic E-state index is 0.0557. The van der Waals surface area contributed by atoms with Gasteiger partial charge < -0.3 is 9.52 Å². The summed E-state index contributed by atoms with van der Waals surface area (Å²) >= 11 is 8.04. The lowest BCUT2D eigenvalue weighted by atomic mass is 10.1. The molecule has 0 bridgehead atoms. The Morgan fingerprint density at radius 3 is 2.79 bits per heavy atom. The van der Waals surface area contributed by atoms with Crippen molar-refractivity contribution in [3.63, 3.8) is 0 Å². The van der Waals surface area contributed by atoms with E-state index in [9.17, 15) is 9.90 Å². The Morgan fingerprint density at radius 2 is 2.11 bits per heavy atom. The SMILES string of the molecule is O=C(c1ccsc1)c1coc2c(Br)c(Br)c(O)cc12. The lowest BCUT2D eigenvalue weighted by Crippen LogP contribution is -1.97. The normalized spacial score (nSPS) is 11.1. The number of carbonyl (C=O) groups is 1. The third kappa shape index (κ3) is 2.04. The van der Waals surface area contributed by atoms with Crippen LogP contribution in [0, 0.1) is 0 Å². The number of benzene rings is 1. The smallest absolute Gasteiger partial charge is 0.197 e. The van der Waals surface area contributed by atoms with Crippen LogP contribution in [0.3, 0.4) is 0 Å². The van der Waals surface area contributed by atoms with Crippen molar-refractivity contribution in [2.24, 2.45) is 0 Å². The maximum atomic E-state index is 12.3. The van der Waals surface area contributed by atoms with Gasteiger partial charge in [0, 0.05) is 16.3 Å². The van der Waals surface area contributed by atoms with Gasteiger partial charge in [-0.2, -0.15) is 11.3 Å². The average molecular weight is 402 g/mol. The van der Waals surface area contributed by atoms with Crippen LogP contribution in [0.25, 0.3) is 11.0 Å². The van der Waals surface area contributed by atoms with Gasteiger partial charge in [-0.1, -0.05) is 0 Å². The highest BCUT2D eigenvalue weighted by Crippen LogP contribution is 2.40. The molecule has 0 atom stereocenters. The fraction of sp³-hybridized carbons (Fsp3) is 0. The van der Waals surface area contributed by atoms with E-state index in [1.54, 1.807) is 11.4 Å². The summed E-state index contributed by atoms with van der Waals surface area (Å²) in [7, 11) is 0. The number of halogens is 2. The fourth-order valence-electron chi connectivity index (χ4n) is 1.82. The van der Waals surface area contributed by atoms with Gasteiger partial charge >= 0.3 is 0 Å². The van der Waals surface area contributed by atoms with Crippen LogP contribution in [0.15, 0.2) is 42.5 Å². The number of thiophene rings is 1. The van der Waals surface area contributed by atoms with Crippen LogP contribution >= 0.6 is 43.2 Å². The third-order valence-corrected chi connectivity index (χ3v) is 5.53. The van der Waals surface area contributed by atoms with E-state index in [0.29, 0.717) is 31.0 Å². The van der Waals surface area contributed by atoms with Gasteiger partial charge in [0.1, 0.15) is 17.6 Å². The van der Waals surface area contributed by atoms with E-state index >= 15 is 0 Å². The Balaban J connectivity index is 2.24. The molecule has 6 heteroatoms. The van der Waals surface area contributed by atoms with Crippen molar-refractivity contribution in [3.8, 4) is 5.75 Å². The number of aromatic hydroxyl groups is 1. The molecule has 0 aliphatic heterocycles. The topological polar surface area (TPSA) is 50.4 Å². The van der Waals surface area contributed by atoms with Gasteiger partial charge in [-0.15, -0.1) is 0 Å². The van der Waals surface area contributed by atoms with Crippen molar-refractivity contribution < 1.29 is 14.3 Å². The molecule has 0 saturated carbocycles. The first-order valence-corrected chi connectivity index (χ1v) is 7.77. The largest absolute Gasteiger partial charge is 0.507 e. The molecule has 1 N–H and O–H groups in total. The van der Waals surface area contributed by atoms with Gasteiger partial charge in [0.05, 0.1) is 14.5 Å². The molecule has 19 heavy (non-hydrogen) atoms. The lowest BCUT2D eigenvalue weighted by molar-refractivity contribution is 0.104. The summed E-state index contributed by atoms with van der Waals surface area (Å²) < 4.78 is 6.52. The van der Waals surface area contributed by atoms with Crippen LogP contribution in [0.1, 0.15) is 15.9 Å². The maximum Gasteiger partial charge on any atom is 0.197 e. The molecule has 96 valence electrons.